The van der Waals surface area contributed by atoms with Gasteiger partial charge in [0.1, 0.15) is 0 Å². The highest BCUT2D eigenvalue weighted by Gasteiger charge is 2.41. The highest BCUT2D eigenvalue weighted by atomic mass is 32.2. The summed E-state index contributed by atoms with van der Waals surface area (Å²) in [6, 6.07) is 0. The predicted octanol–water partition coefficient (Wildman–Crippen LogP) is 1.40. The average molecular weight is 291 g/mol. The van der Waals surface area contributed by atoms with E-state index in [9.17, 15) is 8.42 Å². The molecule has 19 heavy (non-hydrogen) atoms. The maximum absolute atomic E-state index is 12.0. The number of nitrogens with one attached hydrogen (secondary N) is 1. The number of oxime groups is 1. The molecule has 0 aromatic heterocycles. The lowest BCUT2D eigenvalue weighted by atomic mass is 9.75. The SMILES string of the molecule is CCCS(=O)(=O)NC1(/C(N)=N/O)CCC(CC)CC1. The molecule has 0 saturated heterocycles. The molecule has 0 aromatic rings. The Morgan fingerprint density at radius 2 is 2.00 bits per heavy atom. The van der Waals surface area contributed by atoms with Crippen LogP contribution in [0, 0.1) is 5.92 Å². The van der Waals surface area contributed by atoms with E-state index >= 15 is 0 Å². The molecule has 0 amide bonds. The van der Waals surface area contributed by atoms with Crippen LogP contribution in [-0.2, 0) is 10.0 Å². The van der Waals surface area contributed by atoms with E-state index in [0.717, 1.165) is 19.3 Å². The Kier molecular flexibility index (Phi) is 5.61. The molecule has 0 atom stereocenters. The first-order valence-electron chi connectivity index (χ1n) is 6.88. The van der Waals surface area contributed by atoms with Crippen molar-refractivity contribution in [2.45, 2.75) is 57.9 Å². The van der Waals surface area contributed by atoms with Gasteiger partial charge in [-0.2, -0.15) is 0 Å². The van der Waals surface area contributed by atoms with Crippen LogP contribution in [0.1, 0.15) is 52.4 Å². The van der Waals surface area contributed by atoms with E-state index in [2.05, 4.69) is 16.8 Å². The molecule has 4 N–H and O–H groups in total. The van der Waals surface area contributed by atoms with Crippen LogP contribution in [0.25, 0.3) is 0 Å². The Hall–Kier alpha value is -0.820. The van der Waals surface area contributed by atoms with Gasteiger partial charge >= 0.3 is 0 Å². The van der Waals surface area contributed by atoms with Gasteiger partial charge in [0.15, 0.2) is 5.84 Å². The van der Waals surface area contributed by atoms with Crippen LogP contribution in [0.2, 0.25) is 0 Å². The van der Waals surface area contributed by atoms with Gasteiger partial charge in [-0.25, -0.2) is 13.1 Å². The quantitative estimate of drug-likeness (QED) is 0.298. The second-order valence-corrected chi connectivity index (χ2v) is 7.18. The zero-order chi connectivity index (χ0) is 14.5. The van der Waals surface area contributed by atoms with E-state index in [1.807, 2.05) is 6.92 Å². The molecule has 1 saturated carbocycles. The van der Waals surface area contributed by atoms with Gasteiger partial charge in [0.2, 0.25) is 10.0 Å². The van der Waals surface area contributed by atoms with E-state index in [0.29, 0.717) is 25.2 Å². The molecule has 0 heterocycles. The largest absolute Gasteiger partial charge is 0.409 e. The van der Waals surface area contributed by atoms with Gasteiger partial charge in [0.05, 0.1) is 11.3 Å². The lowest BCUT2D eigenvalue weighted by Gasteiger charge is -2.39. The van der Waals surface area contributed by atoms with Crippen molar-refractivity contribution >= 4 is 15.9 Å². The molecule has 0 aromatic carbocycles. The van der Waals surface area contributed by atoms with E-state index in [-0.39, 0.29) is 11.6 Å². The lowest BCUT2D eigenvalue weighted by Crippen LogP contribution is -2.59. The predicted molar refractivity (Wildman–Crippen MR) is 75.6 cm³/mol. The topological polar surface area (TPSA) is 105 Å². The van der Waals surface area contributed by atoms with Crippen molar-refractivity contribution in [3.8, 4) is 0 Å². The Morgan fingerprint density at radius 3 is 2.42 bits per heavy atom. The maximum Gasteiger partial charge on any atom is 0.212 e. The molecule has 0 unspecified atom stereocenters. The summed E-state index contributed by atoms with van der Waals surface area (Å²) in [6.45, 7) is 3.94. The Morgan fingerprint density at radius 1 is 1.42 bits per heavy atom. The molecule has 7 heteroatoms. The summed E-state index contributed by atoms with van der Waals surface area (Å²) in [5.74, 6) is 0.627. The van der Waals surface area contributed by atoms with Crippen molar-refractivity contribution in [1.82, 2.24) is 4.72 Å². The van der Waals surface area contributed by atoms with Crippen LogP contribution in [0.4, 0.5) is 0 Å². The van der Waals surface area contributed by atoms with Crippen molar-refractivity contribution in [3.05, 3.63) is 0 Å². The van der Waals surface area contributed by atoms with Gasteiger partial charge in [-0.05, 0) is 38.0 Å². The normalized spacial score (nSPS) is 29.4. The third-order valence-corrected chi connectivity index (χ3v) is 5.61. The Labute approximate surface area is 115 Å². The number of rotatable bonds is 6. The van der Waals surface area contributed by atoms with Crippen LogP contribution < -0.4 is 10.5 Å². The van der Waals surface area contributed by atoms with Crippen molar-refractivity contribution < 1.29 is 13.6 Å². The second kappa shape index (κ2) is 6.56. The monoisotopic (exact) mass is 291 g/mol. The van der Waals surface area contributed by atoms with Crippen molar-refractivity contribution in [2.75, 3.05) is 5.75 Å². The van der Waals surface area contributed by atoms with Crippen LogP contribution in [-0.4, -0.2) is 30.8 Å². The molecule has 6 nitrogen and oxygen atoms in total. The van der Waals surface area contributed by atoms with E-state index < -0.39 is 15.6 Å². The summed E-state index contributed by atoms with van der Waals surface area (Å²) in [7, 11) is -3.39. The molecular weight excluding hydrogens is 266 g/mol. The molecule has 1 aliphatic rings. The van der Waals surface area contributed by atoms with Gasteiger partial charge in [-0.15, -0.1) is 0 Å². The smallest absolute Gasteiger partial charge is 0.212 e. The first-order chi connectivity index (χ1) is 8.89. The highest BCUT2D eigenvalue weighted by Crippen LogP contribution is 2.34. The number of hydrogen-bond acceptors (Lipinski definition) is 4. The van der Waals surface area contributed by atoms with E-state index in [4.69, 9.17) is 10.9 Å². The van der Waals surface area contributed by atoms with Crippen LogP contribution in [0.3, 0.4) is 0 Å². The van der Waals surface area contributed by atoms with E-state index in [1.54, 1.807) is 0 Å². The van der Waals surface area contributed by atoms with E-state index in [1.165, 1.54) is 0 Å². The van der Waals surface area contributed by atoms with Crippen LogP contribution in [0.5, 0.6) is 0 Å². The molecule has 1 fully saturated rings. The molecule has 0 aliphatic heterocycles. The number of nitrogens with two attached hydrogens (primary N) is 1. The molecule has 0 spiro atoms. The lowest BCUT2D eigenvalue weighted by molar-refractivity contribution is 0.253. The van der Waals surface area contributed by atoms with Crippen molar-refractivity contribution in [2.24, 2.45) is 16.8 Å². The zero-order valence-corrected chi connectivity index (χ0v) is 12.5. The molecular formula is C12H25N3O3S. The fraction of sp³-hybridized carbons (Fsp3) is 0.917. The number of amidine groups is 1. The molecule has 0 radical (unpaired) electrons. The highest BCUT2D eigenvalue weighted by molar-refractivity contribution is 7.89. The van der Waals surface area contributed by atoms with Gasteiger partial charge in [-0.1, -0.05) is 25.4 Å². The molecule has 1 aliphatic carbocycles. The average Bonchev–Trinajstić information content (AvgIpc) is 2.38. The maximum atomic E-state index is 12.0. The third kappa shape index (κ3) is 4.07. The zero-order valence-electron chi connectivity index (χ0n) is 11.7. The summed E-state index contributed by atoms with van der Waals surface area (Å²) in [5, 5.41) is 12.0. The van der Waals surface area contributed by atoms with Crippen LogP contribution in [0.15, 0.2) is 5.16 Å². The second-order valence-electron chi connectivity index (χ2n) is 5.34. The number of hydrogen-bond donors (Lipinski definition) is 3. The molecule has 112 valence electrons. The Balaban J connectivity index is 2.91. The standard InChI is InChI=1S/C12H25N3O3S/c1-3-9-19(17,18)15-12(11(13)14-16)7-5-10(4-2)6-8-12/h10,15-16H,3-9H2,1-2H3,(H2,13,14). The van der Waals surface area contributed by atoms with Crippen molar-refractivity contribution in [3.63, 3.8) is 0 Å². The first kappa shape index (κ1) is 16.2. The Bertz CT molecular complexity index is 412. The minimum atomic E-state index is -3.39. The summed E-state index contributed by atoms with van der Waals surface area (Å²) in [4.78, 5) is 0. The van der Waals surface area contributed by atoms with Gasteiger partial charge in [-0.3, -0.25) is 0 Å². The summed E-state index contributed by atoms with van der Waals surface area (Å²) < 4.78 is 26.6. The third-order valence-electron chi connectivity index (χ3n) is 3.96. The van der Waals surface area contributed by atoms with Crippen LogP contribution >= 0.6 is 0 Å². The number of sulfonamides is 1. The van der Waals surface area contributed by atoms with Crippen molar-refractivity contribution in [1.29, 1.82) is 0 Å². The fourth-order valence-electron chi connectivity index (χ4n) is 2.70. The minimum Gasteiger partial charge on any atom is -0.409 e. The minimum absolute atomic E-state index is 0.0262. The summed E-state index contributed by atoms with van der Waals surface area (Å²) in [5.41, 5.74) is 4.84. The summed E-state index contributed by atoms with van der Waals surface area (Å²) >= 11 is 0. The van der Waals surface area contributed by atoms with Gasteiger partial charge < -0.3 is 10.9 Å². The summed E-state index contributed by atoms with van der Waals surface area (Å²) in [6.07, 6.45) is 4.57. The fourth-order valence-corrected chi connectivity index (χ4v) is 4.25. The molecule has 1 rings (SSSR count). The molecule has 0 bridgehead atoms. The number of nitrogens with zero attached hydrogens (tertiary/aromatic N) is 1. The van der Waals surface area contributed by atoms with Gasteiger partial charge in [0, 0.05) is 0 Å². The first-order valence-corrected chi connectivity index (χ1v) is 8.54. The van der Waals surface area contributed by atoms with Gasteiger partial charge in [0.25, 0.3) is 0 Å².